The van der Waals surface area contributed by atoms with Crippen LogP contribution in [0.15, 0.2) is 72.8 Å². The van der Waals surface area contributed by atoms with Crippen LogP contribution in [0.25, 0.3) is 11.0 Å². The number of imidazole rings is 1. The third-order valence-corrected chi connectivity index (χ3v) is 7.48. The van der Waals surface area contributed by atoms with Crippen molar-refractivity contribution < 1.29 is 9.90 Å². The van der Waals surface area contributed by atoms with Gasteiger partial charge in [-0.1, -0.05) is 71.8 Å². The van der Waals surface area contributed by atoms with Gasteiger partial charge >= 0.3 is 0 Å². The zero-order valence-electron chi connectivity index (χ0n) is 21.2. The summed E-state index contributed by atoms with van der Waals surface area (Å²) < 4.78 is 3.94. The number of aliphatic hydroxyl groups excluding tert-OH is 1. The number of amides is 1. The molecule has 2 heterocycles. The summed E-state index contributed by atoms with van der Waals surface area (Å²) >= 11 is 0. The maximum atomic E-state index is 13.9. The van der Waals surface area contributed by atoms with Crippen LogP contribution in [0.3, 0.4) is 0 Å². The fourth-order valence-corrected chi connectivity index (χ4v) is 5.23. The fraction of sp³-hybridized carbons (Fsp3) is 0.333. The third kappa shape index (κ3) is 4.37. The summed E-state index contributed by atoms with van der Waals surface area (Å²) in [6.45, 7) is 7.45. The van der Waals surface area contributed by atoms with Crippen LogP contribution in [0.4, 0.5) is 0 Å². The van der Waals surface area contributed by atoms with Gasteiger partial charge in [-0.2, -0.15) is 0 Å². The number of para-hydroxylation sites is 2. The predicted octanol–water partition coefficient (Wildman–Crippen LogP) is 4.38. The van der Waals surface area contributed by atoms with Crippen molar-refractivity contribution in [2.75, 3.05) is 19.7 Å². The van der Waals surface area contributed by atoms with Crippen LogP contribution in [0.2, 0.25) is 0 Å². The van der Waals surface area contributed by atoms with E-state index in [0.717, 1.165) is 22.2 Å². The third-order valence-electron chi connectivity index (χ3n) is 7.48. The van der Waals surface area contributed by atoms with E-state index in [0.29, 0.717) is 25.1 Å². The number of likely N-dealkylation sites (tertiary alicyclic amines) is 1. The first-order valence-corrected chi connectivity index (χ1v) is 12.6. The number of carbonyl (C=O) groups is 1. The Hall–Kier alpha value is -3.64. The second kappa shape index (κ2) is 9.78. The molecule has 0 saturated carbocycles. The van der Waals surface area contributed by atoms with E-state index in [1.54, 1.807) is 0 Å². The van der Waals surface area contributed by atoms with Crippen LogP contribution in [-0.2, 0) is 11.2 Å². The number of nitrogens with one attached hydrogen (secondary N) is 1. The summed E-state index contributed by atoms with van der Waals surface area (Å²) in [4.78, 5) is 15.7. The summed E-state index contributed by atoms with van der Waals surface area (Å²) in [5.41, 5.74) is 6.69. The van der Waals surface area contributed by atoms with Gasteiger partial charge in [-0.15, -0.1) is 0 Å². The largest absolute Gasteiger partial charge is 0.396 e. The van der Waals surface area contributed by atoms with Gasteiger partial charge < -0.3 is 14.6 Å². The maximum Gasteiger partial charge on any atom is 0.246 e. The minimum atomic E-state index is -0.545. The van der Waals surface area contributed by atoms with Gasteiger partial charge in [0, 0.05) is 32.0 Å². The molecule has 186 valence electrons. The highest BCUT2D eigenvalue weighted by molar-refractivity contribution is 5.85. The molecule has 36 heavy (non-hydrogen) atoms. The second-order valence-corrected chi connectivity index (χ2v) is 10.1. The van der Waals surface area contributed by atoms with Crippen molar-refractivity contribution in [3.05, 3.63) is 101 Å². The van der Waals surface area contributed by atoms with E-state index < -0.39 is 6.04 Å². The second-order valence-electron chi connectivity index (χ2n) is 10.1. The standard InChI is InChI=1S/C30H34N4O2/c1-20-8-12-23(13-9-20)16-28(29(36)32-17-24(18-32)19-35)34-27-7-5-4-6-26(27)33(30(34)31)22(3)25-14-10-21(2)11-15-25/h4-15,22,24,28,31,35H,16-19H2,1-3H3. The molecule has 0 spiro atoms. The molecule has 1 amide bonds. The molecule has 0 aliphatic carbocycles. The number of hydrogen-bond donors (Lipinski definition) is 2. The highest BCUT2D eigenvalue weighted by Crippen LogP contribution is 2.28. The first kappa shape index (κ1) is 24.1. The summed E-state index contributed by atoms with van der Waals surface area (Å²) in [5, 5.41) is 18.8. The fourth-order valence-electron chi connectivity index (χ4n) is 5.23. The first-order valence-electron chi connectivity index (χ1n) is 12.6. The van der Waals surface area contributed by atoms with Gasteiger partial charge in [-0.25, -0.2) is 0 Å². The molecule has 2 unspecified atom stereocenters. The van der Waals surface area contributed by atoms with Gasteiger partial charge in [-0.3, -0.25) is 14.8 Å². The number of aryl methyl sites for hydroxylation is 2. The molecule has 1 saturated heterocycles. The molecule has 3 aromatic carbocycles. The summed E-state index contributed by atoms with van der Waals surface area (Å²) in [5.74, 6) is 0.141. The van der Waals surface area contributed by atoms with Crippen LogP contribution in [0, 0.1) is 25.2 Å². The topological polar surface area (TPSA) is 74.2 Å². The van der Waals surface area contributed by atoms with Gasteiger partial charge in [0.1, 0.15) is 6.04 Å². The van der Waals surface area contributed by atoms with E-state index in [2.05, 4.69) is 69.3 Å². The van der Waals surface area contributed by atoms with Crippen molar-refractivity contribution in [3.8, 4) is 0 Å². The lowest BCUT2D eigenvalue weighted by molar-refractivity contribution is -0.142. The number of carbonyl (C=O) groups excluding carboxylic acids is 1. The number of fused-ring (bicyclic) bond motifs is 1. The Balaban J connectivity index is 1.63. The van der Waals surface area contributed by atoms with Gasteiger partial charge in [-0.05, 0) is 44.0 Å². The Morgan fingerprint density at radius 2 is 1.47 bits per heavy atom. The maximum absolute atomic E-state index is 13.9. The molecule has 2 atom stereocenters. The average molecular weight is 483 g/mol. The highest BCUT2D eigenvalue weighted by atomic mass is 16.3. The molecule has 2 N–H and O–H groups in total. The Kier molecular flexibility index (Phi) is 6.54. The highest BCUT2D eigenvalue weighted by Gasteiger charge is 2.36. The Labute approximate surface area is 211 Å². The van der Waals surface area contributed by atoms with E-state index >= 15 is 0 Å². The minimum Gasteiger partial charge on any atom is -0.396 e. The van der Waals surface area contributed by atoms with Crippen molar-refractivity contribution >= 4 is 16.9 Å². The van der Waals surface area contributed by atoms with E-state index in [-0.39, 0.29) is 24.5 Å². The Bertz CT molecular complexity index is 1430. The zero-order chi connectivity index (χ0) is 25.4. The smallest absolute Gasteiger partial charge is 0.246 e. The lowest BCUT2D eigenvalue weighted by Gasteiger charge is -2.40. The molecule has 1 aliphatic rings. The van der Waals surface area contributed by atoms with Crippen LogP contribution < -0.4 is 5.62 Å². The van der Waals surface area contributed by atoms with Crippen LogP contribution in [-0.4, -0.2) is 44.7 Å². The molecular weight excluding hydrogens is 448 g/mol. The number of hydrogen-bond acceptors (Lipinski definition) is 3. The first-order chi connectivity index (χ1) is 17.4. The quantitative estimate of drug-likeness (QED) is 0.410. The Morgan fingerprint density at radius 1 is 0.917 bits per heavy atom. The summed E-state index contributed by atoms with van der Waals surface area (Å²) in [6.07, 6.45) is 0.503. The van der Waals surface area contributed by atoms with Crippen molar-refractivity contribution in [2.24, 2.45) is 5.92 Å². The van der Waals surface area contributed by atoms with Crippen molar-refractivity contribution in [1.29, 1.82) is 5.41 Å². The number of aliphatic hydroxyl groups is 1. The minimum absolute atomic E-state index is 0.00432. The number of nitrogens with zero attached hydrogens (tertiary/aromatic N) is 3. The summed E-state index contributed by atoms with van der Waals surface area (Å²) in [6, 6.07) is 24.1. The van der Waals surface area contributed by atoms with Crippen LogP contribution in [0.1, 0.15) is 41.3 Å². The van der Waals surface area contributed by atoms with Crippen molar-refractivity contribution in [3.63, 3.8) is 0 Å². The molecule has 6 heteroatoms. The Morgan fingerprint density at radius 3 is 2.06 bits per heavy atom. The monoisotopic (exact) mass is 482 g/mol. The number of benzene rings is 3. The molecule has 1 aliphatic heterocycles. The molecule has 6 nitrogen and oxygen atoms in total. The molecule has 1 fully saturated rings. The number of rotatable bonds is 7. The predicted molar refractivity (Wildman–Crippen MR) is 142 cm³/mol. The van der Waals surface area contributed by atoms with Crippen LogP contribution in [0.5, 0.6) is 0 Å². The normalized spacial score (nSPS) is 15.6. The van der Waals surface area contributed by atoms with Gasteiger partial charge in [0.2, 0.25) is 11.5 Å². The van der Waals surface area contributed by atoms with E-state index in [1.807, 2.05) is 38.3 Å². The molecular formula is C30H34N4O2. The van der Waals surface area contributed by atoms with E-state index in [9.17, 15) is 15.3 Å². The zero-order valence-corrected chi connectivity index (χ0v) is 21.2. The van der Waals surface area contributed by atoms with Gasteiger partial charge in [0.15, 0.2) is 0 Å². The van der Waals surface area contributed by atoms with E-state index in [4.69, 9.17) is 0 Å². The van der Waals surface area contributed by atoms with Gasteiger partial charge in [0.05, 0.1) is 17.1 Å². The summed E-state index contributed by atoms with van der Waals surface area (Å²) in [7, 11) is 0. The lowest BCUT2D eigenvalue weighted by atomic mass is 9.97. The molecule has 5 rings (SSSR count). The van der Waals surface area contributed by atoms with E-state index in [1.165, 1.54) is 11.1 Å². The lowest BCUT2D eigenvalue weighted by Crippen LogP contribution is -2.54. The van der Waals surface area contributed by atoms with Crippen molar-refractivity contribution in [1.82, 2.24) is 14.0 Å². The molecule has 4 aromatic rings. The van der Waals surface area contributed by atoms with Crippen molar-refractivity contribution in [2.45, 2.75) is 39.3 Å². The van der Waals surface area contributed by atoms with Crippen LogP contribution >= 0.6 is 0 Å². The average Bonchev–Trinajstić information content (AvgIpc) is 3.14. The molecule has 1 aromatic heterocycles. The number of aromatic nitrogens is 2. The molecule has 0 radical (unpaired) electrons. The van der Waals surface area contributed by atoms with Gasteiger partial charge in [0.25, 0.3) is 0 Å². The SMILES string of the molecule is Cc1ccc(CC(C(=O)N2CC(CO)C2)n2c(=N)n(C(C)c3ccc(C)cc3)c3ccccc32)cc1. The molecule has 0 bridgehead atoms.